The summed E-state index contributed by atoms with van der Waals surface area (Å²) in [6, 6.07) is 3.83. The summed E-state index contributed by atoms with van der Waals surface area (Å²) < 4.78 is 25.5. The van der Waals surface area contributed by atoms with Gasteiger partial charge in [-0.05, 0) is 31.0 Å². The number of carboxylic acid groups (broad SMARTS) is 1. The highest BCUT2D eigenvalue weighted by Gasteiger charge is 2.10. The molecule has 0 saturated heterocycles. The van der Waals surface area contributed by atoms with Crippen molar-refractivity contribution < 1.29 is 18.3 Å². The maximum atomic E-state index is 11.5. The molecule has 7 nitrogen and oxygen atoms in total. The summed E-state index contributed by atoms with van der Waals surface area (Å²) in [7, 11) is -3.37. The number of pyridine rings is 1. The Labute approximate surface area is 124 Å². The van der Waals surface area contributed by atoms with Crippen molar-refractivity contribution in [3.63, 3.8) is 0 Å². The van der Waals surface area contributed by atoms with Gasteiger partial charge in [0, 0.05) is 31.9 Å². The number of nitrogens with one attached hydrogen (secondary N) is 2. The monoisotopic (exact) mass is 315 g/mol. The molecule has 3 N–H and O–H groups in total. The van der Waals surface area contributed by atoms with Gasteiger partial charge in [-0.3, -0.25) is 9.78 Å². The van der Waals surface area contributed by atoms with Crippen LogP contribution in [-0.4, -0.2) is 43.3 Å². The Morgan fingerprint density at radius 2 is 2.10 bits per heavy atom. The van der Waals surface area contributed by atoms with Gasteiger partial charge in [-0.25, -0.2) is 13.1 Å². The molecule has 0 atom stereocenters. The van der Waals surface area contributed by atoms with Gasteiger partial charge in [-0.2, -0.15) is 0 Å². The predicted molar refractivity (Wildman–Crippen MR) is 79.2 cm³/mol. The van der Waals surface area contributed by atoms with Gasteiger partial charge in [0.1, 0.15) is 0 Å². The van der Waals surface area contributed by atoms with E-state index >= 15 is 0 Å². The van der Waals surface area contributed by atoms with E-state index in [1.54, 1.807) is 12.4 Å². The van der Waals surface area contributed by atoms with Crippen molar-refractivity contribution in [1.82, 2.24) is 15.0 Å². The minimum absolute atomic E-state index is 0.129. The lowest BCUT2D eigenvalue weighted by atomic mass is 10.3. The number of nitrogens with zero attached hydrogens (tertiary/aromatic N) is 1. The minimum Gasteiger partial charge on any atom is -0.481 e. The van der Waals surface area contributed by atoms with Crippen molar-refractivity contribution in [2.24, 2.45) is 0 Å². The van der Waals surface area contributed by atoms with Gasteiger partial charge in [0.2, 0.25) is 10.0 Å². The highest BCUT2D eigenvalue weighted by Crippen LogP contribution is 1.96. The summed E-state index contributed by atoms with van der Waals surface area (Å²) in [5.41, 5.74) is 1.08. The maximum Gasteiger partial charge on any atom is 0.303 e. The molecular formula is C13H21N3O4S. The van der Waals surface area contributed by atoms with Crippen molar-refractivity contribution >= 4 is 16.0 Å². The minimum atomic E-state index is -3.37. The van der Waals surface area contributed by atoms with Gasteiger partial charge in [-0.15, -0.1) is 0 Å². The molecule has 0 amide bonds. The molecule has 0 unspecified atom stereocenters. The molecule has 1 heterocycles. The van der Waals surface area contributed by atoms with Gasteiger partial charge < -0.3 is 10.4 Å². The van der Waals surface area contributed by atoms with Crippen molar-refractivity contribution in [3.8, 4) is 0 Å². The standard InChI is InChI=1S/C13H21N3O4S/c17-13(18)5-2-9-21(19,20)16-8-3-7-15-11-12-4-1-6-14-10-12/h1,4,6,10,15-16H,2-3,5,7-9,11H2,(H,17,18). The molecule has 8 heteroatoms. The van der Waals surface area contributed by atoms with Crippen molar-refractivity contribution in [2.45, 2.75) is 25.8 Å². The quantitative estimate of drug-likeness (QED) is 0.508. The smallest absolute Gasteiger partial charge is 0.303 e. The summed E-state index contributed by atoms with van der Waals surface area (Å²) in [6.45, 7) is 1.72. The van der Waals surface area contributed by atoms with Crippen molar-refractivity contribution in [1.29, 1.82) is 0 Å². The Morgan fingerprint density at radius 3 is 2.76 bits per heavy atom. The van der Waals surface area contributed by atoms with Crippen LogP contribution < -0.4 is 10.0 Å². The second-order valence-corrected chi connectivity index (χ2v) is 6.53. The number of aromatic nitrogens is 1. The average molecular weight is 315 g/mol. The molecule has 0 fully saturated rings. The first-order valence-electron chi connectivity index (χ1n) is 6.78. The van der Waals surface area contributed by atoms with Crippen LogP contribution in [0.1, 0.15) is 24.8 Å². The van der Waals surface area contributed by atoms with Crippen LogP contribution in [0.25, 0.3) is 0 Å². The summed E-state index contributed by atoms with van der Waals surface area (Å²) in [5.74, 6) is -1.13. The zero-order valence-electron chi connectivity index (χ0n) is 11.8. The van der Waals surface area contributed by atoms with E-state index in [4.69, 9.17) is 5.11 Å². The van der Waals surface area contributed by atoms with E-state index in [9.17, 15) is 13.2 Å². The SMILES string of the molecule is O=C(O)CCCS(=O)(=O)NCCCNCc1cccnc1. The Bertz CT molecular complexity index is 519. The van der Waals surface area contributed by atoms with Gasteiger partial charge in [0.25, 0.3) is 0 Å². The molecule has 0 saturated carbocycles. The molecule has 0 spiro atoms. The van der Waals surface area contributed by atoms with Crippen LogP contribution in [0.15, 0.2) is 24.5 Å². The highest BCUT2D eigenvalue weighted by molar-refractivity contribution is 7.89. The molecule has 1 rings (SSSR count). The third kappa shape index (κ3) is 9.11. The molecule has 0 radical (unpaired) electrons. The normalized spacial score (nSPS) is 11.4. The summed E-state index contributed by atoms with van der Waals surface area (Å²) in [5, 5.41) is 11.6. The zero-order valence-corrected chi connectivity index (χ0v) is 12.6. The summed E-state index contributed by atoms with van der Waals surface area (Å²) in [6.07, 6.45) is 4.15. The second kappa shape index (κ2) is 9.43. The first kappa shape index (κ1) is 17.5. The first-order valence-corrected chi connectivity index (χ1v) is 8.43. The summed E-state index contributed by atoms with van der Waals surface area (Å²) >= 11 is 0. The Morgan fingerprint density at radius 1 is 1.29 bits per heavy atom. The Hall–Kier alpha value is -1.51. The van der Waals surface area contributed by atoms with Crippen molar-refractivity contribution in [3.05, 3.63) is 30.1 Å². The number of carboxylic acids is 1. The van der Waals surface area contributed by atoms with Crippen LogP contribution in [0.2, 0.25) is 0 Å². The van der Waals surface area contributed by atoms with E-state index < -0.39 is 16.0 Å². The first-order chi connectivity index (χ1) is 9.99. The maximum absolute atomic E-state index is 11.5. The molecule has 118 valence electrons. The zero-order chi connectivity index (χ0) is 15.6. The van der Waals surface area contributed by atoms with E-state index in [-0.39, 0.29) is 18.6 Å². The fraction of sp³-hybridized carbons (Fsp3) is 0.538. The average Bonchev–Trinajstić information content (AvgIpc) is 2.43. The number of rotatable bonds is 11. The van der Waals surface area contributed by atoms with Crippen LogP contribution in [0.4, 0.5) is 0 Å². The summed E-state index contributed by atoms with van der Waals surface area (Å²) in [4.78, 5) is 14.3. The van der Waals surface area contributed by atoms with Crippen LogP contribution in [0.3, 0.4) is 0 Å². The number of hydrogen-bond donors (Lipinski definition) is 3. The number of aliphatic carboxylic acids is 1. The van der Waals surface area contributed by atoms with Gasteiger partial charge in [0.05, 0.1) is 5.75 Å². The number of carbonyl (C=O) groups is 1. The molecule has 0 aromatic carbocycles. The molecule has 0 aliphatic heterocycles. The van der Waals surface area contributed by atoms with Gasteiger partial charge in [-0.1, -0.05) is 6.07 Å². The molecule has 0 bridgehead atoms. The van der Waals surface area contributed by atoms with Crippen LogP contribution >= 0.6 is 0 Å². The molecule has 0 aliphatic carbocycles. The van der Waals surface area contributed by atoms with Gasteiger partial charge >= 0.3 is 5.97 Å². The fourth-order valence-corrected chi connectivity index (χ4v) is 2.79. The third-order valence-electron chi connectivity index (χ3n) is 2.71. The highest BCUT2D eigenvalue weighted by atomic mass is 32.2. The van der Waals surface area contributed by atoms with Crippen LogP contribution in [0.5, 0.6) is 0 Å². The molecule has 21 heavy (non-hydrogen) atoms. The lowest BCUT2D eigenvalue weighted by Gasteiger charge is -2.07. The Balaban J connectivity index is 2.06. The van der Waals surface area contributed by atoms with E-state index in [0.29, 0.717) is 26.1 Å². The molecular weight excluding hydrogens is 294 g/mol. The second-order valence-electron chi connectivity index (χ2n) is 4.60. The van der Waals surface area contributed by atoms with Crippen LogP contribution in [-0.2, 0) is 21.4 Å². The largest absolute Gasteiger partial charge is 0.481 e. The predicted octanol–water partition coefficient (Wildman–Crippen LogP) is 0.346. The number of hydrogen-bond acceptors (Lipinski definition) is 5. The lowest BCUT2D eigenvalue weighted by molar-refractivity contribution is -0.137. The third-order valence-corrected chi connectivity index (χ3v) is 4.18. The van der Waals surface area contributed by atoms with Gasteiger partial charge in [0.15, 0.2) is 0 Å². The molecule has 1 aromatic heterocycles. The Kier molecular flexibility index (Phi) is 7.88. The van der Waals surface area contributed by atoms with E-state index in [1.807, 2.05) is 12.1 Å². The fourth-order valence-electron chi connectivity index (χ4n) is 1.66. The van der Waals surface area contributed by atoms with E-state index in [1.165, 1.54) is 0 Å². The topological polar surface area (TPSA) is 108 Å². The lowest BCUT2D eigenvalue weighted by Crippen LogP contribution is -2.29. The number of sulfonamides is 1. The van der Waals surface area contributed by atoms with Crippen LogP contribution in [0, 0.1) is 0 Å². The molecule has 1 aromatic rings. The van der Waals surface area contributed by atoms with Crippen molar-refractivity contribution in [2.75, 3.05) is 18.8 Å². The van der Waals surface area contributed by atoms with E-state index in [2.05, 4.69) is 15.0 Å². The molecule has 0 aliphatic rings. The van der Waals surface area contributed by atoms with E-state index in [0.717, 1.165) is 5.56 Å².